The molecule has 0 atom stereocenters. The van der Waals surface area contributed by atoms with Gasteiger partial charge in [0.25, 0.3) is 0 Å². The van der Waals surface area contributed by atoms with Crippen molar-refractivity contribution in [1.82, 2.24) is 24.9 Å². The molecule has 474 valence electrons. The van der Waals surface area contributed by atoms with Gasteiger partial charge in [-0.25, -0.2) is 24.9 Å². The molecule has 0 saturated heterocycles. The van der Waals surface area contributed by atoms with E-state index in [1.807, 2.05) is 41.7 Å². The monoisotopic (exact) mass is 1310 g/mol. The number of aromatic nitrogens is 5. The topological polar surface area (TPSA) is 64.5 Å². The molecule has 0 spiro atoms. The van der Waals surface area contributed by atoms with E-state index in [0.29, 0.717) is 17.5 Å². The van der Waals surface area contributed by atoms with Crippen LogP contribution in [0.2, 0.25) is 0 Å². The third-order valence-electron chi connectivity index (χ3n) is 21.7. The van der Waals surface area contributed by atoms with Crippen molar-refractivity contribution >= 4 is 107 Å². The second kappa shape index (κ2) is 22.6. The van der Waals surface area contributed by atoms with Crippen LogP contribution in [0.25, 0.3) is 186 Å². The Kier molecular flexibility index (Phi) is 13.1. The number of para-hydroxylation sites is 1. The predicted molar refractivity (Wildman–Crippen MR) is 425 cm³/mol. The number of fused-ring (bicyclic) bond motifs is 24. The number of benzene rings is 16. The Labute approximate surface area is 588 Å². The van der Waals surface area contributed by atoms with Crippen LogP contribution < -0.4 is 0 Å². The quantitative estimate of drug-likeness (QED) is 0.155. The maximum absolute atomic E-state index is 5.36. The maximum Gasteiger partial charge on any atom is 0.164 e. The van der Waals surface area contributed by atoms with Gasteiger partial charge in [0.05, 0.1) is 22.4 Å². The van der Waals surface area contributed by atoms with E-state index in [-0.39, 0.29) is 10.8 Å². The Morgan fingerprint density at radius 2 is 0.733 bits per heavy atom. The van der Waals surface area contributed by atoms with E-state index in [2.05, 4.69) is 307 Å². The molecule has 3 aromatic heterocycles. The fourth-order valence-corrected chi connectivity index (χ4v) is 18.3. The summed E-state index contributed by atoms with van der Waals surface area (Å²) in [7, 11) is 0. The van der Waals surface area contributed by atoms with Crippen LogP contribution in [0.1, 0.15) is 49.9 Å². The number of rotatable bonds is 6. The van der Waals surface area contributed by atoms with E-state index in [1.54, 1.807) is 0 Å². The van der Waals surface area contributed by atoms with Gasteiger partial charge in [-0.3, -0.25) is 0 Å². The summed E-state index contributed by atoms with van der Waals surface area (Å²) in [6.07, 6.45) is 0. The van der Waals surface area contributed by atoms with Crippen molar-refractivity contribution in [2.45, 2.75) is 38.5 Å². The Morgan fingerprint density at radius 3 is 1.43 bits per heavy atom. The van der Waals surface area contributed by atoms with Gasteiger partial charge in [0, 0.05) is 69.8 Å². The van der Waals surface area contributed by atoms with Crippen molar-refractivity contribution in [3.8, 4) is 90.1 Å². The molecule has 0 saturated carbocycles. The van der Waals surface area contributed by atoms with Gasteiger partial charge < -0.3 is 0 Å². The zero-order chi connectivity index (χ0) is 67.2. The molecule has 0 aliphatic heterocycles. The molecular weight excluding hydrogens is 1240 g/mol. The Hall–Kier alpha value is -12.4. The van der Waals surface area contributed by atoms with Crippen LogP contribution in [0.5, 0.6) is 0 Å². The van der Waals surface area contributed by atoms with Crippen LogP contribution in [0.15, 0.2) is 309 Å². The molecule has 0 N–H and O–H groups in total. The first-order chi connectivity index (χ1) is 49.6. The molecule has 101 heavy (non-hydrogen) atoms. The molecule has 3 heterocycles. The van der Waals surface area contributed by atoms with E-state index in [0.717, 1.165) is 66.8 Å². The van der Waals surface area contributed by atoms with Gasteiger partial charge in [0.1, 0.15) is 0 Å². The third-order valence-corrected chi connectivity index (χ3v) is 22.9. The van der Waals surface area contributed by atoms with Gasteiger partial charge in [0.2, 0.25) is 0 Å². The van der Waals surface area contributed by atoms with E-state index < -0.39 is 0 Å². The SMILES string of the molecule is CC1(C)c2ccccc2-c2c(-c3nc(-c4ccccc4)nc(-c4ccc5c(ccc6c7c(c8ccccc8c65)C(C)(C)c5ccccc5-7)c4)n3)cccc21.c1ccc(-c2nc3cccc(-c4ccc5c(ccc6c7sc8ccccc8c7c7ccccc7c56)c4)c3nc2-c2ccccc2)cc1. The Morgan fingerprint density at radius 1 is 0.267 bits per heavy atom. The lowest BCUT2D eigenvalue weighted by atomic mass is 9.79. The smallest absolute Gasteiger partial charge is 0.164 e. The van der Waals surface area contributed by atoms with Crippen molar-refractivity contribution < 1.29 is 0 Å². The van der Waals surface area contributed by atoms with Crippen LogP contribution in [-0.2, 0) is 10.8 Å². The first kappa shape index (κ1) is 58.8. The van der Waals surface area contributed by atoms with Crippen LogP contribution in [0.4, 0.5) is 0 Å². The third kappa shape index (κ3) is 9.04. The van der Waals surface area contributed by atoms with Gasteiger partial charge in [-0.1, -0.05) is 313 Å². The predicted octanol–water partition coefficient (Wildman–Crippen LogP) is 25.4. The molecule has 6 heteroatoms. The first-order valence-corrected chi connectivity index (χ1v) is 35.6. The number of nitrogens with zero attached hydrogens (tertiary/aromatic N) is 5. The molecule has 5 nitrogen and oxygen atoms in total. The van der Waals surface area contributed by atoms with Crippen LogP contribution in [0, 0.1) is 0 Å². The fourth-order valence-electron chi connectivity index (χ4n) is 17.1. The van der Waals surface area contributed by atoms with Crippen LogP contribution in [-0.4, -0.2) is 24.9 Å². The van der Waals surface area contributed by atoms with Gasteiger partial charge >= 0.3 is 0 Å². The molecular formula is C95H63N5S. The molecule has 0 radical (unpaired) electrons. The number of thiophene rings is 1. The lowest BCUT2D eigenvalue weighted by Gasteiger charge is -2.24. The van der Waals surface area contributed by atoms with E-state index in [1.165, 1.54) is 124 Å². The Bertz CT molecular complexity index is 6690. The normalized spacial score (nSPS) is 13.3. The number of hydrogen-bond acceptors (Lipinski definition) is 6. The summed E-state index contributed by atoms with van der Waals surface area (Å²) in [4.78, 5) is 26.2. The zero-order valence-electron chi connectivity index (χ0n) is 56.1. The molecule has 2 aliphatic rings. The van der Waals surface area contributed by atoms with Gasteiger partial charge in [-0.15, -0.1) is 11.3 Å². The summed E-state index contributed by atoms with van der Waals surface area (Å²) < 4.78 is 2.69. The van der Waals surface area contributed by atoms with E-state index >= 15 is 0 Å². The Balaban J connectivity index is 0.000000137. The van der Waals surface area contributed by atoms with Gasteiger partial charge in [-0.2, -0.15) is 0 Å². The summed E-state index contributed by atoms with van der Waals surface area (Å²) in [6, 6.07) is 111. The second-order valence-corrected chi connectivity index (χ2v) is 29.1. The highest BCUT2D eigenvalue weighted by atomic mass is 32.1. The first-order valence-electron chi connectivity index (χ1n) is 34.8. The average Bonchev–Trinajstić information content (AvgIpc) is 1.56. The van der Waals surface area contributed by atoms with Gasteiger partial charge in [-0.05, 0) is 134 Å². The molecule has 0 bridgehead atoms. The molecule has 16 aromatic carbocycles. The van der Waals surface area contributed by atoms with Gasteiger partial charge in [0.15, 0.2) is 17.5 Å². The van der Waals surface area contributed by atoms with Crippen molar-refractivity contribution in [3.63, 3.8) is 0 Å². The molecule has 2 aliphatic carbocycles. The standard InChI is InChI=1S/C51H37N3.C44H26N2S/c1-50(2)40-22-12-10-19-36(40)44-39(21-14-24-42(44)50)49-53-47(30-15-6-5-7-16-30)52-48(54-49)32-26-27-33-31(29-32)25-28-38-43(33)34-17-8-9-18-35(34)46-45(38)37-20-11-13-23-41(37)51(46,3)4;1-3-12-27(13-4-1)41-42(28-14-5-2-6-15-28)46-43-32(19-11-20-37(43)45-41)30-22-24-31-29(26-30)23-25-36-39(31)33-16-7-8-17-34(33)40-35-18-9-10-21-38(35)47-44(36)40/h5-29H,1-4H3;1-26H. The van der Waals surface area contributed by atoms with Crippen LogP contribution in [0.3, 0.4) is 0 Å². The summed E-state index contributed by atoms with van der Waals surface area (Å²) in [5, 5.41) is 18.0. The highest BCUT2D eigenvalue weighted by molar-refractivity contribution is 7.27. The molecule has 19 aromatic rings. The summed E-state index contributed by atoms with van der Waals surface area (Å²) in [6.45, 7) is 9.37. The van der Waals surface area contributed by atoms with Crippen LogP contribution >= 0.6 is 11.3 Å². The van der Waals surface area contributed by atoms with Crippen molar-refractivity contribution in [2.75, 3.05) is 0 Å². The minimum absolute atomic E-state index is 0.0951. The lowest BCUT2D eigenvalue weighted by molar-refractivity contribution is 0.660. The minimum atomic E-state index is -0.122. The zero-order valence-corrected chi connectivity index (χ0v) is 56.9. The summed E-state index contributed by atoms with van der Waals surface area (Å²) in [5.74, 6) is 2.02. The van der Waals surface area contributed by atoms with E-state index in [4.69, 9.17) is 24.9 Å². The second-order valence-electron chi connectivity index (χ2n) is 28.1. The highest BCUT2D eigenvalue weighted by Crippen LogP contribution is 2.56. The summed E-state index contributed by atoms with van der Waals surface area (Å²) >= 11 is 1.90. The van der Waals surface area contributed by atoms with Crippen molar-refractivity contribution in [3.05, 3.63) is 332 Å². The van der Waals surface area contributed by atoms with Crippen molar-refractivity contribution in [2.24, 2.45) is 0 Å². The average molecular weight is 1310 g/mol. The lowest BCUT2D eigenvalue weighted by Crippen LogP contribution is -2.15. The van der Waals surface area contributed by atoms with Crippen molar-refractivity contribution in [1.29, 1.82) is 0 Å². The number of hydrogen-bond donors (Lipinski definition) is 0. The molecule has 0 amide bonds. The maximum atomic E-state index is 5.36. The molecule has 0 fully saturated rings. The summed E-state index contributed by atoms with van der Waals surface area (Å²) in [5.41, 5.74) is 21.3. The largest absolute Gasteiger partial charge is 0.244 e. The molecule has 0 unspecified atom stereocenters. The fraction of sp³-hybridized carbons (Fsp3) is 0.0632. The molecule has 21 rings (SSSR count). The highest BCUT2D eigenvalue weighted by Gasteiger charge is 2.39. The van der Waals surface area contributed by atoms with E-state index in [9.17, 15) is 0 Å². The minimum Gasteiger partial charge on any atom is -0.244 e.